The zero-order chi connectivity index (χ0) is 29.4. The number of pyridine rings is 3. The van der Waals surface area contributed by atoms with Crippen LogP contribution in [0.2, 0.25) is 0 Å². The van der Waals surface area contributed by atoms with Crippen molar-refractivity contribution in [1.82, 2.24) is 24.8 Å². The Morgan fingerprint density at radius 1 is 1.05 bits per heavy atom. The van der Waals surface area contributed by atoms with Crippen LogP contribution in [0.25, 0.3) is 11.0 Å². The number of aryl methyl sites for hydroxylation is 1. The predicted molar refractivity (Wildman–Crippen MR) is 157 cm³/mol. The molecule has 3 saturated heterocycles. The first-order chi connectivity index (χ1) is 20.9. The van der Waals surface area contributed by atoms with Gasteiger partial charge in [-0.3, -0.25) is 19.5 Å². The summed E-state index contributed by atoms with van der Waals surface area (Å²) in [5, 5.41) is 6.44. The van der Waals surface area contributed by atoms with E-state index in [2.05, 4.69) is 25.5 Å². The molecule has 1 amide bonds. The number of carbonyl (C=O) groups is 1. The Kier molecular flexibility index (Phi) is 7.62. The summed E-state index contributed by atoms with van der Waals surface area (Å²) in [4.78, 5) is 35.8. The molecule has 4 fully saturated rings. The van der Waals surface area contributed by atoms with E-state index in [4.69, 9.17) is 14.2 Å². The molecular weight excluding hydrogens is 555 g/mol. The van der Waals surface area contributed by atoms with Gasteiger partial charge in [-0.05, 0) is 56.7 Å². The van der Waals surface area contributed by atoms with Gasteiger partial charge in [-0.15, -0.1) is 0 Å². The van der Waals surface area contributed by atoms with E-state index in [0.29, 0.717) is 80.5 Å². The molecule has 0 unspecified atom stereocenters. The van der Waals surface area contributed by atoms with Gasteiger partial charge in [0, 0.05) is 49.9 Å². The minimum Gasteiger partial charge on any atom is -0.480 e. The maximum atomic E-state index is 15.4. The molecule has 1 saturated carbocycles. The standard InChI is InChI=1S/C31H37FN6O5/c32-23-18-33-24-2-4-27(40)38(12-11-37-13-15-41-16-14-37)28(24)22(23)5-6-31-9-7-30(8-10-31,20-43-31)34-17-21-1-3-25-29(35-21)36-26(39)19-42-25/h1-4,18,34H,5-17,19-20H2,(H,35,36,39). The van der Waals surface area contributed by atoms with Crippen molar-refractivity contribution in [2.45, 2.75) is 62.8 Å². The van der Waals surface area contributed by atoms with Crippen molar-refractivity contribution >= 4 is 22.8 Å². The first-order valence-electron chi connectivity index (χ1n) is 15.2. The number of hydrogen-bond donors (Lipinski definition) is 2. The predicted octanol–water partition coefficient (Wildman–Crippen LogP) is 2.40. The summed E-state index contributed by atoms with van der Waals surface area (Å²) >= 11 is 0. The fraction of sp³-hybridized carbons (Fsp3) is 0.548. The van der Waals surface area contributed by atoms with E-state index in [9.17, 15) is 9.59 Å². The van der Waals surface area contributed by atoms with Gasteiger partial charge in [0.1, 0.15) is 5.82 Å². The minimum absolute atomic E-state index is 0.00706. The van der Waals surface area contributed by atoms with Gasteiger partial charge >= 0.3 is 0 Å². The molecule has 43 heavy (non-hydrogen) atoms. The number of morpholine rings is 1. The van der Waals surface area contributed by atoms with Crippen molar-refractivity contribution in [2.75, 3.05) is 51.4 Å². The molecule has 228 valence electrons. The number of aromatic nitrogens is 3. The van der Waals surface area contributed by atoms with Crippen molar-refractivity contribution in [1.29, 1.82) is 0 Å². The fourth-order valence-corrected chi connectivity index (χ4v) is 6.88. The van der Waals surface area contributed by atoms with Gasteiger partial charge in [-0.25, -0.2) is 9.37 Å². The highest BCUT2D eigenvalue weighted by molar-refractivity contribution is 5.94. The second-order valence-electron chi connectivity index (χ2n) is 12.2. The second-order valence-corrected chi connectivity index (χ2v) is 12.2. The first kappa shape index (κ1) is 28.3. The van der Waals surface area contributed by atoms with Crippen LogP contribution in [-0.2, 0) is 33.8 Å². The molecule has 0 atom stereocenters. The van der Waals surface area contributed by atoms with E-state index in [1.54, 1.807) is 10.6 Å². The molecule has 1 aliphatic carbocycles. The maximum absolute atomic E-state index is 15.4. The van der Waals surface area contributed by atoms with Crippen molar-refractivity contribution in [3.63, 3.8) is 0 Å². The summed E-state index contributed by atoms with van der Waals surface area (Å²) in [5.41, 5.74) is 1.99. The molecule has 11 nitrogen and oxygen atoms in total. The molecular formula is C31H37FN6O5. The Morgan fingerprint density at radius 2 is 1.88 bits per heavy atom. The smallest absolute Gasteiger partial charge is 0.263 e. The molecule has 0 radical (unpaired) electrons. The average molecular weight is 593 g/mol. The monoisotopic (exact) mass is 592 g/mol. The van der Waals surface area contributed by atoms with Crippen LogP contribution in [0.4, 0.5) is 10.2 Å². The lowest BCUT2D eigenvalue weighted by molar-refractivity contribution is -0.165. The normalized spacial score (nSPS) is 25.4. The molecule has 7 heterocycles. The Bertz CT molecular complexity index is 1560. The van der Waals surface area contributed by atoms with Crippen LogP contribution in [0.15, 0.2) is 35.3 Å². The Balaban J connectivity index is 1.02. The number of hydrogen-bond acceptors (Lipinski definition) is 9. The van der Waals surface area contributed by atoms with Crippen molar-refractivity contribution in [2.24, 2.45) is 0 Å². The highest BCUT2D eigenvalue weighted by Gasteiger charge is 2.49. The van der Waals surface area contributed by atoms with E-state index < -0.39 is 0 Å². The maximum Gasteiger partial charge on any atom is 0.263 e. The Morgan fingerprint density at radius 3 is 2.67 bits per heavy atom. The average Bonchev–Trinajstić information content (AvgIpc) is 3.04. The SMILES string of the molecule is O=C1COc2ccc(CNC34CCC(CCc5c(F)cnc6ccc(=O)n(CCN7CCOCC7)c56)(CC3)OC4)nc2N1. The highest BCUT2D eigenvalue weighted by Crippen LogP contribution is 2.46. The van der Waals surface area contributed by atoms with Crippen LogP contribution in [0.5, 0.6) is 5.75 Å². The Hall–Kier alpha value is -3.45. The largest absolute Gasteiger partial charge is 0.480 e. The van der Waals surface area contributed by atoms with Crippen LogP contribution in [0.1, 0.15) is 43.4 Å². The van der Waals surface area contributed by atoms with Gasteiger partial charge in [-0.1, -0.05) is 0 Å². The lowest BCUT2D eigenvalue weighted by atomic mass is 9.69. The van der Waals surface area contributed by atoms with E-state index >= 15 is 4.39 Å². The number of halogens is 1. The number of fused-ring (bicyclic) bond motifs is 5. The van der Waals surface area contributed by atoms with Crippen LogP contribution >= 0.6 is 0 Å². The highest BCUT2D eigenvalue weighted by atomic mass is 19.1. The summed E-state index contributed by atoms with van der Waals surface area (Å²) in [6, 6.07) is 6.96. The summed E-state index contributed by atoms with van der Waals surface area (Å²) < 4.78 is 34.5. The molecule has 0 aromatic carbocycles. The minimum atomic E-state index is -0.378. The van der Waals surface area contributed by atoms with Crippen molar-refractivity contribution in [3.8, 4) is 5.75 Å². The van der Waals surface area contributed by atoms with Gasteiger partial charge in [0.25, 0.3) is 11.5 Å². The second kappa shape index (κ2) is 11.6. The van der Waals surface area contributed by atoms with Crippen molar-refractivity contribution in [3.05, 3.63) is 57.9 Å². The molecule has 3 aromatic rings. The Labute approximate surface area is 248 Å². The molecule has 0 spiro atoms. The lowest BCUT2D eigenvalue weighted by Gasteiger charge is -2.53. The molecule has 12 heteroatoms. The van der Waals surface area contributed by atoms with Crippen molar-refractivity contribution < 1.29 is 23.4 Å². The van der Waals surface area contributed by atoms with Crippen LogP contribution in [0.3, 0.4) is 0 Å². The van der Waals surface area contributed by atoms with E-state index in [0.717, 1.165) is 44.5 Å². The van der Waals surface area contributed by atoms with Crippen LogP contribution < -0.4 is 20.9 Å². The zero-order valence-corrected chi connectivity index (χ0v) is 24.2. The molecule has 5 aliphatic rings. The third-order valence-corrected chi connectivity index (χ3v) is 9.58. The van der Waals surface area contributed by atoms with Gasteiger partial charge < -0.3 is 29.4 Å². The van der Waals surface area contributed by atoms with E-state index in [-0.39, 0.29) is 35.0 Å². The van der Waals surface area contributed by atoms with Gasteiger partial charge in [0.2, 0.25) is 0 Å². The lowest BCUT2D eigenvalue weighted by Crippen LogP contribution is -2.61. The summed E-state index contributed by atoms with van der Waals surface area (Å²) in [7, 11) is 0. The summed E-state index contributed by atoms with van der Waals surface area (Å²) in [5.74, 6) is 0.454. The van der Waals surface area contributed by atoms with Gasteiger partial charge in [-0.2, -0.15) is 0 Å². The topological polar surface area (TPSA) is 120 Å². The number of anilines is 1. The number of carbonyl (C=O) groups excluding carboxylic acids is 1. The summed E-state index contributed by atoms with van der Waals surface area (Å²) in [6.07, 6.45) is 6.06. The molecule has 2 N–H and O–H groups in total. The number of nitrogens with one attached hydrogen (secondary N) is 2. The number of amides is 1. The third-order valence-electron chi connectivity index (χ3n) is 9.58. The van der Waals surface area contributed by atoms with Gasteiger partial charge in [0.15, 0.2) is 18.2 Å². The quantitative estimate of drug-likeness (QED) is 0.386. The number of nitrogens with zero attached hydrogens (tertiary/aromatic N) is 4. The van der Waals surface area contributed by atoms with E-state index in [1.165, 1.54) is 12.3 Å². The third kappa shape index (κ3) is 5.76. The number of ether oxygens (including phenoxy) is 3. The van der Waals surface area contributed by atoms with Crippen LogP contribution in [-0.4, -0.2) is 82.5 Å². The van der Waals surface area contributed by atoms with Crippen LogP contribution in [0, 0.1) is 5.82 Å². The number of rotatable bonds is 9. The zero-order valence-electron chi connectivity index (χ0n) is 24.2. The molecule has 3 aromatic heterocycles. The molecule has 2 bridgehead atoms. The van der Waals surface area contributed by atoms with E-state index in [1.807, 2.05) is 12.1 Å². The molecule has 8 rings (SSSR count). The molecule has 4 aliphatic heterocycles. The fourth-order valence-electron chi connectivity index (χ4n) is 6.88. The summed E-state index contributed by atoms with van der Waals surface area (Å²) in [6.45, 7) is 5.32. The first-order valence-corrected chi connectivity index (χ1v) is 15.2. The van der Waals surface area contributed by atoms with Gasteiger partial charge in [0.05, 0.1) is 48.3 Å².